The van der Waals surface area contributed by atoms with Gasteiger partial charge in [-0.3, -0.25) is 19.2 Å². The highest BCUT2D eigenvalue weighted by atomic mass is 16.7. The van der Waals surface area contributed by atoms with Crippen LogP contribution in [-0.2, 0) is 0 Å². The average Bonchev–Trinajstić information content (AvgIpc) is 3.84. The topological polar surface area (TPSA) is 130 Å². The molecular formula is C34H30N2O10. The molecule has 236 valence electrons. The molecule has 12 nitrogen and oxygen atoms in total. The SMILES string of the molecule is CCCCN1/C(=C/C=c2c(=O)c(=O)c(=C/C=C3\Oc4cc5c(cc4N3CCCC)OCO5)c(=O)c2=O)Oc2cc3c(cc21)OCO3. The first kappa shape index (κ1) is 29.2. The summed E-state index contributed by atoms with van der Waals surface area (Å²) in [7, 11) is 0. The Kier molecular flexibility index (Phi) is 7.47. The molecule has 46 heavy (non-hydrogen) atoms. The van der Waals surface area contributed by atoms with Crippen LogP contribution in [0.3, 0.4) is 0 Å². The minimum atomic E-state index is -1.08. The van der Waals surface area contributed by atoms with E-state index in [2.05, 4.69) is 13.8 Å². The summed E-state index contributed by atoms with van der Waals surface area (Å²) in [6.45, 7) is 5.51. The molecule has 3 aromatic carbocycles. The van der Waals surface area contributed by atoms with Crippen LogP contribution in [0.15, 0.2) is 67.4 Å². The third kappa shape index (κ3) is 4.95. The van der Waals surface area contributed by atoms with Crippen LogP contribution >= 0.6 is 0 Å². The molecule has 7 rings (SSSR count). The lowest BCUT2D eigenvalue weighted by atomic mass is 10.2. The summed E-state index contributed by atoms with van der Waals surface area (Å²) in [6, 6.07) is 7.04. The van der Waals surface area contributed by atoms with Crippen LogP contribution in [0.4, 0.5) is 11.4 Å². The van der Waals surface area contributed by atoms with Crippen molar-refractivity contribution in [1.82, 2.24) is 0 Å². The van der Waals surface area contributed by atoms with Crippen LogP contribution in [0.5, 0.6) is 34.5 Å². The third-order valence-corrected chi connectivity index (χ3v) is 8.10. The third-order valence-electron chi connectivity index (χ3n) is 8.10. The number of rotatable bonds is 8. The summed E-state index contributed by atoms with van der Waals surface area (Å²) in [5.74, 6) is 3.96. The first-order chi connectivity index (χ1) is 22.4. The Morgan fingerprint density at radius 3 is 1.28 bits per heavy atom. The van der Waals surface area contributed by atoms with Gasteiger partial charge in [-0.25, -0.2) is 0 Å². The predicted octanol–water partition coefficient (Wildman–Crippen LogP) is 2.10. The summed E-state index contributed by atoms with van der Waals surface area (Å²) in [5, 5.41) is -1.06. The Labute approximate surface area is 261 Å². The number of allylic oxidation sites excluding steroid dienone is 2. The van der Waals surface area contributed by atoms with E-state index in [9.17, 15) is 19.2 Å². The van der Waals surface area contributed by atoms with Crippen LogP contribution in [0.25, 0.3) is 12.2 Å². The number of anilines is 2. The largest absolute Gasteiger partial charge is 0.454 e. The van der Waals surface area contributed by atoms with Crippen molar-refractivity contribution in [2.45, 2.75) is 39.5 Å². The van der Waals surface area contributed by atoms with Gasteiger partial charge in [-0.05, 0) is 37.1 Å². The quantitative estimate of drug-likeness (QED) is 0.340. The molecule has 0 aliphatic carbocycles. The fourth-order valence-corrected chi connectivity index (χ4v) is 5.63. The van der Waals surface area contributed by atoms with Crippen LogP contribution < -0.4 is 70.4 Å². The molecule has 0 saturated carbocycles. The van der Waals surface area contributed by atoms with Gasteiger partial charge in [0.15, 0.2) is 34.5 Å². The molecule has 0 aromatic heterocycles. The lowest BCUT2D eigenvalue weighted by molar-refractivity contribution is 0.173. The maximum atomic E-state index is 13.2. The number of unbranched alkanes of at least 4 members (excludes halogenated alkanes) is 2. The van der Waals surface area contributed by atoms with Gasteiger partial charge in [0.2, 0.25) is 47.1 Å². The number of hydrogen-bond donors (Lipinski definition) is 0. The van der Waals surface area contributed by atoms with E-state index in [4.69, 9.17) is 28.4 Å². The minimum Gasteiger partial charge on any atom is -0.454 e. The molecule has 4 heterocycles. The first-order valence-corrected chi connectivity index (χ1v) is 15.2. The van der Waals surface area contributed by atoms with E-state index in [-0.39, 0.29) is 13.6 Å². The normalized spacial score (nSPS) is 16.9. The molecule has 0 unspecified atom stereocenters. The Morgan fingerprint density at radius 2 is 0.913 bits per heavy atom. The van der Waals surface area contributed by atoms with Gasteiger partial charge in [-0.2, -0.15) is 0 Å². The average molecular weight is 627 g/mol. The van der Waals surface area contributed by atoms with E-state index < -0.39 is 32.2 Å². The van der Waals surface area contributed by atoms with E-state index >= 15 is 0 Å². The van der Waals surface area contributed by atoms with Crippen molar-refractivity contribution in [3.05, 3.63) is 99.5 Å². The van der Waals surface area contributed by atoms with Gasteiger partial charge in [0.25, 0.3) is 0 Å². The van der Waals surface area contributed by atoms with Gasteiger partial charge in [0.05, 0.1) is 21.8 Å². The van der Waals surface area contributed by atoms with Gasteiger partial charge >= 0.3 is 0 Å². The molecule has 0 radical (unpaired) electrons. The standard InChI is InChI=1S/C34H30N2O10/c1-3-5-11-35-21-13-25-27(43-17-41-25)15-23(21)45-29(35)9-7-19-31(37)33(39)20(34(40)32(19)38)8-10-30-36(12-6-4-2)22-14-26-28(44-18-42-26)16-24(22)46-30/h7-10,13-16H,3-6,11-12,17-18H2,1-2H3/b19-7?,20-8?,29-9-,30-10-. The Morgan fingerprint density at radius 1 is 0.543 bits per heavy atom. The van der Waals surface area contributed by atoms with E-state index in [0.29, 0.717) is 59.4 Å². The second-order valence-electron chi connectivity index (χ2n) is 11.0. The van der Waals surface area contributed by atoms with Gasteiger partial charge in [-0.15, -0.1) is 0 Å². The van der Waals surface area contributed by atoms with Crippen LogP contribution in [0.2, 0.25) is 0 Å². The fraction of sp³-hybridized carbons (Fsp3) is 0.294. The predicted molar refractivity (Wildman–Crippen MR) is 169 cm³/mol. The molecular weight excluding hydrogens is 596 g/mol. The van der Waals surface area contributed by atoms with Crippen molar-refractivity contribution in [1.29, 1.82) is 0 Å². The molecule has 3 aromatic rings. The molecule has 0 saturated heterocycles. The number of hydrogen-bond acceptors (Lipinski definition) is 12. The highest BCUT2D eigenvalue weighted by Crippen LogP contribution is 2.48. The molecule has 0 N–H and O–H groups in total. The van der Waals surface area contributed by atoms with Crippen LogP contribution in [0.1, 0.15) is 39.5 Å². The van der Waals surface area contributed by atoms with E-state index in [1.54, 1.807) is 24.3 Å². The molecule has 0 amide bonds. The number of ether oxygens (including phenoxy) is 6. The van der Waals surface area contributed by atoms with Gasteiger partial charge < -0.3 is 38.2 Å². The number of fused-ring (bicyclic) bond motifs is 4. The van der Waals surface area contributed by atoms with Crippen molar-refractivity contribution in [2.24, 2.45) is 0 Å². The molecule has 0 bridgehead atoms. The van der Waals surface area contributed by atoms with Crippen molar-refractivity contribution in [3.8, 4) is 34.5 Å². The molecule has 4 aliphatic heterocycles. The summed E-state index contributed by atoms with van der Waals surface area (Å²) in [5.41, 5.74) is -2.83. The number of benzene rings is 3. The maximum Gasteiger partial charge on any atom is 0.237 e. The second kappa shape index (κ2) is 11.8. The second-order valence-corrected chi connectivity index (χ2v) is 11.0. The minimum absolute atomic E-state index is 0.117. The summed E-state index contributed by atoms with van der Waals surface area (Å²) in [6.07, 6.45) is 8.67. The highest BCUT2D eigenvalue weighted by Gasteiger charge is 2.31. The fourth-order valence-electron chi connectivity index (χ4n) is 5.63. The Bertz CT molecular complexity index is 1940. The highest BCUT2D eigenvalue weighted by molar-refractivity contribution is 5.74. The molecule has 12 heteroatoms. The van der Waals surface area contributed by atoms with Gasteiger partial charge in [0.1, 0.15) is 0 Å². The van der Waals surface area contributed by atoms with E-state index in [1.165, 1.54) is 24.3 Å². The monoisotopic (exact) mass is 626 g/mol. The van der Waals surface area contributed by atoms with Gasteiger partial charge in [0, 0.05) is 37.4 Å². The van der Waals surface area contributed by atoms with Crippen molar-refractivity contribution < 1.29 is 28.4 Å². The van der Waals surface area contributed by atoms with Gasteiger partial charge in [-0.1, -0.05) is 26.7 Å². The molecule has 0 fully saturated rings. The van der Waals surface area contributed by atoms with Crippen LogP contribution in [-0.4, -0.2) is 26.7 Å². The van der Waals surface area contributed by atoms with Crippen LogP contribution in [0, 0.1) is 0 Å². The maximum absolute atomic E-state index is 13.2. The Balaban J connectivity index is 1.25. The first-order valence-electron chi connectivity index (χ1n) is 15.2. The zero-order valence-electron chi connectivity index (χ0n) is 25.3. The summed E-state index contributed by atoms with van der Waals surface area (Å²) in [4.78, 5) is 56.4. The van der Waals surface area contributed by atoms with Crippen molar-refractivity contribution in [2.75, 3.05) is 36.5 Å². The Hall–Kier alpha value is -5.52. The smallest absolute Gasteiger partial charge is 0.237 e. The summed E-state index contributed by atoms with van der Waals surface area (Å²) >= 11 is 0. The number of nitrogens with zero attached hydrogens (tertiary/aromatic N) is 2. The summed E-state index contributed by atoms with van der Waals surface area (Å²) < 4.78 is 34.0. The molecule has 0 atom stereocenters. The van der Waals surface area contributed by atoms with E-state index in [1.807, 2.05) is 9.80 Å². The zero-order chi connectivity index (χ0) is 31.9. The molecule has 4 aliphatic rings. The van der Waals surface area contributed by atoms with Crippen molar-refractivity contribution in [3.63, 3.8) is 0 Å². The van der Waals surface area contributed by atoms with E-state index in [0.717, 1.165) is 37.1 Å². The zero-order valence-corrected chi connectivity index (χ0v) is 25.3. The lowest BCUT2D eigenvalue weighted by Crippen LogP contribution is -2.64. The van der Waals surface area contributed by atoms with Crippen molar-refractivity contribution >= 4 is 23.5 Å². The molecule has 0 spiro atoms. The lowest BCUT2D eigenvalue weighted by Gasteiger charge is -2.17.